The molecule has 2 aliphatic heterocycles. The second-order valence-electron chi connectivity index (χ2n) is 5.60. The smallest absolute Gasteiger partial charge is 0.335 e. The number of rotatable bonds is 4. The molecule has 2 aliphatic rings. The van der Waals surface area contributed by atoms with Crippen molar-refractivity contribution in [3.63, 3.8) is 0 Å². The Morgan fingerprint density at radius 1 is 0.692 bits per heavy atom. The molecule has 0 aromatic heterocycles. The van der Waals surface area contributed by atoms with Gasteiger partial charge in [0.1, 0.15) is 36.6 Å². The molecule has 2 heterocycles. The molecule has 1 unspecified atom stereocenters. The van der Waals surface area contributed by atoms with Gasteiger partial charge in [-0.2, -0.15) is 0 Å². The Labute approximate surface area is 146 Å². The molecule has 26 heavy (non-hydrogen) atoms. The maximum absolute atomic E-state index is 11.2. The Kier molecular flexibility index (Phi) is 7.41. The van der Waals surface area contributed by atoms with Crippen LogP contribution >= 0.6 is 0 Å². The summed E-state index contributed by atoms with van der Waals surface area (Å²) in [6, 6.07) is 0. The van der Waals surface area contributed by atoms with E-state index in [0.29, 0.717) is 0 Å². The summed E-state index contributed by atoms with van der Waals surface area (Å²) >= 11 is 0. The van der Waals surface area contributed by atoms with Gasteiger partial charge in [-0.3, -0.25) is 0 Å². The minimum absolute atomic E-state index is 0. The minimum Gasteiger partial charge on any atom is -0.479 e. The molecular weight excluding hydrogens is 364 g/mol. The number of ether oxygens (including phenoxy) is 3. The summed E-state index contributed by atoms with van der Waals surface area (Å²) in [4.78, 5) is 22.2. The molecular formula is C13H22O13. The number of aliphatic hydroxyl groups is 6. The lowest BCUT2D eigenvalue weighted by Crippen LogP contribution is -2.65. The largest absolute Gasteiger partial charge is 0.479 e. The highest BCUT2D eigenvalue weighted by molar-refractivity contribution is 5.74. The van der Waals surface area contributed by atoms with Crippen LogP contribution in [0.15, 0.2) is 0 Å². The van der Waals surface area contributed by atoms with Gasteiger partial charge in [0.2, 0.25) is 0 Å². The van der Waals surface area contributed by atoms with Crippen LogP contribution in [0, 0.1) is 0 Å². The molecule has 152 valence electrons. The van der Waals surface area contributed by atoms with Crippen molar-refractivity contribution in [1.29, 1.82) is 0 Å². The summed E-state index contributed by atoms with van der Waals surface area (Å²) in [5.41, 5.74) is 0. The predicted octanol–water partition coefficient (Wildman–Crippen LogP) is -4.58. The number of carbonyl (C=O) groups is 2. The summed E-state index contributed by atoms with van der Waals surface area (Å²) < 4.78 is 14.4. The Morgan fingerprint density at radius 3 is 1.73 bits per heavy atom. The summed E-state index contributed by atoms with van der Waals surface area (Å²) in [7, 11) is 0. The lowest BCUT2D eigenvalue weighted by atomic mass is 9.96. The van der Waals surface area contributed by atoms with Crippen LogP contribution in [-0.4, -0.2) is 114 Å². The number of carboxylic acids is 2. The number of hydrogen-bond donors (Lipinski definition) is 8. The van der Waals surface area contributed by atoms with E-state index in [9.17, 15) is 40.2 Å². The standard InChI is InChI=1S/C12H18O13.CH4/c13-1-2(14)7(9(18)19)25-12(5(1)17)24-6-3(15)4(16)11(22)23-8(6)10(20)21;/h1-8,11-17,22H,(H,18,19)(H,20,21);1H4/t1-,2+,3+,4+,5+,6+,7-,8-,11?,12-;/m0./s1. The van der Waals surface area contributed by atoms with Crippen molar-refractivity contribution in [2.45, 2.75) is 68.8 Å². The maximum atomic E-state index is 11.2. The van der Waals surface area contributed by atoms with Crippen molar-refractivity contribution in [3.8, 4) is 0 Å². The van der Waals surface area contributed by atoms with Crippen molar-refractivity contribution in [1.82, 2.24) is 0 Å². The average Bonchev–Trinajstić information content (AvgIpc) is 2.54. The molecule has 0 radical (unpaired) electrons. The Balaban J connectivity index is 0.00000338. The monoisotopic (exact) mass is 386 g/mol. The van der Waals surface area contributed by atoms with Crippen LogP contribution in [0.3, 0.4) is 0 Å². The molecule has 0 aromatic carbocycles. The number of hydrogen-bond acceptors (Lipinski definition) is 11. The summed E-state index contributed by atoms with van der Waals surface area (Å²) in [5.74, 6) is -3.39. The molecule has 2 fully saturated rings. The van der Waals surface area contributed by atoms with Gasteiger partial charge in [-0.15, -0.1) is 0 Å². The number of aliphatic carboxylic acids is 2. The highest BCUT2D eigenvalue weighted by Gasteiger charge is 2.53. The number of carboxylic acid groups (broad SMARTS) is 2. The second-order valence-corrected chi connectivity index (χ2v) is 5.60. The Hall–Kier alpha value is -1.42. The zero-order valence-corrected chi connectivity index (χ0v) is 12.4. The van der Waals surface area contributed by atoms with Gasteiger partial charge in [0.05, 0.1) is 0 Å². The molecule has 0 bridgehead atoms. The van der Waals surface area contributed by atoms with Gasteiger partial charge in [-0.1, -0.05) is 7.43 Å². The number of aliphatic hydroxyl groups excluding tert-OH is 6. The van der Waals surface area contributed by atoms with E-state index in [4.69, 9.17) is 19.7 Å². The molecule has 2 rings (SSSR count). The molecule has 10 atom stereocenters. The SMILES string of the molecule is C.O=C(O)[C@H]1O[C@H](O[C@@H]2[C@H](O)[C@@H](O)C(O)O[C@@H]2C(=O)O)[C@H](O)[C@@H](O)[C@H]1O. The molecule has 13 nitrogen and oxygen atoms in total. The van der Waals surface area contributed by atoms with E-state index in [1.54, 1.807) is 0 Å². The zero-order valence-electron chi connectivity index (χ0n) is 12.4. The highest BCUT2D eigenvalue weighted by atomic mass is 16.7. The third-order valence-electron chi connectivity index (χ3n) is 3.91. The maximum Gasteiger partial charge on any atom is 0.335 e. The minimum atomic E-state index is -2.03. The molecule has 0 aromatic rings. The Bertz CT molecular complexity index is 512. The second kappa shape index (κ2) is 8.51. The van der Waals surface area contributed by atoms with Crippen LogP contribution in [0.25, 0.3) is 0 Å². The summed E-state index contributed by atoms with van der Waals surface area (Å²) in [5, 5.41) is 75.9. The van der Waals surface area contributed by atoms with Crippen molar-refractivity contribution in [2.75, 3.05) is 0 Å². The quantitative estimate of drug-likeness (QED) is 0.228. The first kappa shape index (κ1) is 22.6. The lowest BCUT2D eigenvalue weighted by Gasteiger charge is -2.44. The van der Waals surface area contributed by atoms with Gasteiger partial charge < -0.3 is 55.1 Å². The van der Waals surface area contributed by atoms with Gasteiger partial charge in [0.25, 0.3) is 0 Å². The Morgan fingerprint density at radius 2 is 1.23 bits per heavy atom. The van der Waals surface area contributed by atoms with Crippen LogP contribution in [0.2, 0.25) is 0 Å². The van der Waals surface area contributed by atoms with Crippen LogP contribution in [0.5, 0.6) is 0 Å². The lowest BCUT2D eigenvalue weighted by molar-refractivity contribution is -0.346. The van der Waals surface area contributed by atoms with Gasteiger partial charge >= 0.3 is 11.9 Å². The summed E-state index contributed by atoms with van der Waals surface area (Å²) in [6.07, 6.45) is -19.9. The van der Waals surface area contributed by atoms with Gasteiger partial charge in [-0.25, -0.2) is 9.59 Å². The van der Waals surface area contributed by atoms with E-state index in [1.807, 2.05) is 0 Å². The van der Waals surface area contributed by atoms with E-state index >= 15 is 0 Å². The predicted molar refractivity (Wildman–Crippen MR) is 76.5 cm³/mol. The van der Waals surface area contributed by atoms with Crippen molar-refractivity contribution in [2.24, 2.45) is 0 Å². The molecule has 8 N–H and O–H groups in total. The summed E-state index contributed by atoms with van der Waals surface area (Å²) in [6.45, 7) is 0. The van der Waals surface area contributed by atoms with Gasteiger partial charge in [0.15, 0.2) is 24.8 Å². The fourth-order valence-electron chi connectivity index (χ4n) is 2.52. The van der Waals surface area contributed by atoms with Crippen molar-refractivity contribution in [3.05, 3.63) is 0 Å². The van der Waals surface area contributed by atoms with Gasteiger partial charge in [-0.05, 0) is 0 Å². The van der Waals surface area contributed by atoms with Crippen LogP contribution in [-0.2, 0) is 23.8 Å². The molecule has 0 aliphatic carbocycles. The molecule has 0 spiro atoms. The van der Waals surface area contributed by atoms with E-state index in [0.717, 1.165) is 0 Å². The highest BCUT2D eigenvalue weighted by Crippen LogP contribution is 2.28. The first-order chi connectivity index (χ1) is 11.6. The third kappa shape index (κ3) is 4.11. The topological polar surface area (TPSA) is 224 Å². The van der Waals surface area contributed by atoms with E-state index < -0.39 is 73.4 Å². The van der Waals surface area contributed by atoms with E-state index in [1.165, 1.54) is 0 Å². The average molecular weight is 386 g/mol. The third-order valence-corrected chi connectivity index (χ3v) is 3.91. The van der Waals surface area contributed by atoms with Gasteiger partial charge in [0, 0.05) is 0 Å². The fourth-order valence-corrected chi connectivity index (χ4v) is 2.52. The first-order valence-electron chi connectivity index (χ1n) is 7.06. The molecule has 0 amide bonds. The first-order valence-corrected chi connectivity index (χ1v) is 7.06. The van der Waals surface area contributed by atoms with Crippen LogP contribution in [0.4, 0.5) is 0 Å². The van der Waals surface area contributed by atoms with E-state index in [2.05, 4.69) is 4.74 Å². The van der Waals surface area contributed by atoms with E-state index in [-0.39, 0.29) is 7.43 Å². The normalized spacial score (nSPS) is 46.2. The van der Waals surface area contributed by atoms with Crippen molar-refractivity contribution >= 4 is 11.9 Å². The molecule has 13 heteroatoms. The molecule has 2 saturated heterocycles. The van der Waals surface area contributed by atoms with Crippen LogP contribution in [0.1, 0.15) is 7.43 Å². The fraction of sp³-hybridized carbons (Fsp3) is 0.846. The van der Waals surface area contributed by atoms with Crippen LogP contribution < -0.4 is 0 Å². The van der Waals surface area contributed by atoms with Crippen molar-refractivity contribution < 1.29 is 64.7 Å². The molecule has 0 saturated carbocycles. The zero-order chi connectivity index (χ0) is 19.0.